The minimum atomic E-state index is -0.746. The van der Waals surface area contributed by atoms with Crippen molar-refractivity contribution in [1.29, 1.82) is 0 Å². The van der Waals surface area contributed by atoms with Crippen LogP contribution in [0.5, 0.6) is 5.75 Å². The van der Waals surface area contributed by atoms with Gasteiger partial charge in [0.2, 0.25) is 5.95 Å². The number of fused-ring (bicyclic) bond motifs is 1. The maximum atomic E-state index is 10.6. The van der Waals surface area contributed by atoms with Gasteiger partial charge in [-0.3, -0.25) is 5.32 Å². The SMILES string of the molecule is NC(=O)Nc1ncc2cccc(O)c2n1. The fourth-order valence-electron chi connectivity index (χ4n) is 1.21. The smallest absolute Gasteiger partial charge is 0.319 e. The molecule has 2 rings (SSSR count). The molecule has 0 atom stereocenters. The van der Waals surface area contributed by atoms with Crippen LogP contribution < -0.4 is 11.1 Å². The molecule has 76 valence electrons. The molecule has 0 saturated carbocycles. The van der Waals surface area contributed by atoms with Crippen LogP contribution in [-0.4, -0.2) is 21.1 Å². The van der Waals surface area contributed by atoms with Crippen LogP contribution in [0.2, 0.25) is 0 Å². The third-order valence-corrected chi connectivity index (χ3v) is 1.82. The van der Waals surface area contributed by atoms with Gasteiger partial charge < -0.3 is 10.8 Å². The lowest BCUT2D eigenvalue weighted by Gasteiger charge is -2.02. The van der Waals surface area contributed by atoms with Crippen LogP contribution in [0.4, 0.5) is 10.7 Å². The molecule has 0 aliphatic rings. The van der Waals surface area contributed by atoms with Gasteiger partial charge in [0.25, 0.3) is 0 Å². The first-order valence-electron chi connectivity index (χ1n) is 4.18. The van der Waals surface area contributed by atoms with Gasteiger partial charge in [0, 0.05) is 11.6 Å². The van der Waals surface area contributed by atoms with Crippen LogP contribution in [0.1, 0.15) is 0 Å². The molecule has 1 heterocycles. The zero-order chi connectivity index (χ0) is 10.8. The summed E-state index contributed by atoms with van der Waals surface area (Å²) in [6, 6.07) is 4.19. The maximum Gasteiger partial charge on any atom is 0.319 e. The number of nitrogens with two attached hydrogens (primary N) is 1. The summed E-state index contributed by atoms with van der Waals surface area (Å²) in [5.41, 5.74) is 5.29. The summed E-state index contributed by atoms with van der Waals surface area (Å²) in [6.07, 6.45) is 1.49. The highest BCUT2D eigenvalue weighted by Gasteiger charge is 2.04. The largest absolute Gasteiger partial charge is 0.506 e. The fourth-order valence-corrected chi connectivity index (χ4v) is 1.21. The van der Waals surface area contributed by atoms with Gasteiger partial charge in [0.05, 0.1) is 0 Å². The second-order valence-corrected chi connectivity index (χ2v) is 2.90. The molecular weight excluding hydrogens is 196 g/mol. The molecule has 15 heavy (non-hydrogen) atoms. The van der Waals surface area contributed by atoms with Crippen molar-refractivity contribution >= 4 is 22.9 Å². The van der Waals surface area contributed by atoms with Crippen molar-refractivity contribution in [1.82, 2.24) is 9.97 Å². The molecule has 0 bridgehead atoms. The van der Waals surface area contributed by atoms with Gasteiger partial charge in [-0.25, -0.2) is 14.8 Å². The van der Waals surface area contributed by atoms with Gasteiger partial charge in [-0.2, -0.15) is 0 Å². The number of rotatable bonds is 1. The van der Waals surface area contributed by atoms with Crippen molar-refractivity contribution < 1.29 is 9.90 Å². The second-order valence-electron chi connectivity index (χ2n) is 2.90. The molecule has 0 unspecified atom stereocenters. The highest BCUT2D eigenvalue weighted by atomic mass is 16.3. The van der Waals surface area contributed by atoms with Gasteiger partial charge in [-0.1, -0.05) is 12.1 Å². The average molecular weight is 204 g/mol. The molecule has 0 spiro atoms. The van der Waals surface area contributed by atoms with Crippen molar-refractivity contribution in [2.45, 2.75) is 0 Å². The molecule has 0 aliphatic carbocycles. The van der Waals surface area contributed by atoms with Crippen molar-refractivity contribution in [3.63, 3.8) is 0 Å². The Kier molecular flexibility index (Phi) is 2.09. The molecule has 0 saturated heterocycles. The minimum Gasteiger partial charge on any atom is -0.506 e. The van der Waals surface area contributed by atoms with Crippen LogP contribution in [0, 0.1) is 0 Å². The van der Waals surface area contributed by atoms with E-state index < -0.39 is 6.03 Å². The van der Waals surface area contributed by atoms with Crippen molar-refractivity contribution in [2.75, 3.05) is 5.32 Å². The molecule has 4 N–H and O–H groups in total. The number of hydrogen-bond donors (Lipinski definition) is 3. The van der Waals surface area contributed by atoms with Crippen LogP contribution in [-0.2, 0) is 0 Å². The van der Waals surface area contributed by atoms with E-state index in [-0.39, 0.29) is 11.7 Å². The number of urea groups is 1. The highest BCUT2D eigenvalue weighted by Crippen LogP contribution is 2.22. The zero-order valence-corrected chi connectivity index (χ0v) is 7.64. The molecule has 0 radical (unpaired) electrons. The number of carbonyl (C=O) groups is 1. The maximum absolute atomic E-state index is 10.6. The number of phenolic OH excluding ortho intramolecular Hbond substituents is 1. The van der Waals surface area contributed by atoms with Crippen molar-refractivity contribution in [3.05, 3.63) is 24.4 Å². The molecule has 1 aromatic heterocycles. The quantitative estimate of drug-likeness (QED) is 0.640. The highest BCUT2D eigenvalue weighted by molar-refractivity contribution is 5.89. The van der Waals surface area contributed by atoms with E-state index in [4.69, 9.17) is 5.73 Å². The fraction of sp³-hybridized carbons (Fsp3) is 0. The predicted molar refractivity (Wildman–Crippen MR) is 54.4 cm³/mol. The number of aromatic hydroxyl groups is 1. The van der Waals surface area contributed by atoms with E-state index >= 15 is 0 Å². The van der Waals surface area contributed by atoms with Gasteiger partial charge >= 0.3 is 6.03 Å². The summed E-state index contributed by atoms with van der Waals surface area (Å²) in [6.45, 7) is 0. The Hall–Kier alpha value is -2.37. The number of hydrogen-bond acceptors (Lipinski definition) is 4. The monoisotopic (exact) mass is 204 g/mol. The third-order valence-electron chi connectivity index (χ3n) is 1.82. The van der Waals surface area contributed by atoms with E-state index in [2.05, 4.69) is 15.3 Å². The summed E-state index contributed by atoms with van der Waals surface area (Å²) < 4.78 is 0. The molecule has 2 aromatic rings. The summed E-state index contributed by atoms with van der Waals surface area (Å²) in [7, 11) is 0. The summed E-state index contributed by atoms with van der Waals surface area (Å²) in [5.74, 6) is 0.0962. The Morgan fingerprint density at radius 3 is 3.00 bits per heavy atom. The van der Waals surface area contributed by atoms with Crippen LogP contribution in [0.15, 0.2) is 24.4 Å². The normalized spacial score (nSPS) is 10.1. The second kappa shape index (κ2) is 3.41. The lowest BCUT2D eigenvalue weighted by atomic mass is 10.2. The van der Waals surface area contributed by atoms with Crippen LogP contribution in [0.25, 0.3) is 10.9 Å². The number of aromatic nitrogens is 2. The lowest BCUT2D eigenvalue weighted by molar-refractivity contribution is 0.259. The predicted octanol–water partition coefficient (Wildman–Crippen LogP) is 0.826. The van der Waals surface area contributed by atoms with E-state index in [9.17, 15) is 9.90 Å². The zero-order valence-electron chi connectivity index (χ0n) is 7.64. The Labute approximate surface area is 84.8 Å². The van der Waals surface area contributed by atoms with Gasteiger partial charge in [0.1, 0.15) is 11.3 Å². The summed E-state index contributed by atoms with van der Waals surface area (Å²) in [4.78, 5) is 18.4. The number of amides is 2. The molecule has 0 fully saturated rings. The number of benzene rings is 1. The standard InChI is InChI=1S/C9H8N4O2/c10-8(15)13-9-11-4-5-2-1-3-6(14)7(5)12-9/h1-4,14H,(H3,10,11,12,13,15). The van der Waals surface area contributed by atoms with E-state index in [1.807, 2.05) is 0 Å². The summed E-state index contributed by atoms with van der Waals surface area (Å²) >= 11 is 0. The topological polar surface area (TPSA) is 101 Å². The van der Waals surface area contributed by atoms with Gasteiger partial charge in [0.15, 0.2) is 0 Å². The summed E-state index contributed by atoms with van der Waals surface area (Å²) in [5, 5.41) is 12.4. The number of carbonyl (C=O) groups excluding carboxylic acids is 1. The van der Waals surface area contributed by atoms with E-state index in [1.165, 1.54) is 12.3 Å². The van der Waals surface area contributed by atoms with E-state index in [0.29, 0.717) is 10.9 Å². The number of para-hydroxylation sites is 1. The van der Waals surface area contributed by atoms with Crippen molar-refractivity contribution in [2.24, 2.45) is 5.73 Å². The lowest BCUT2D eigenvalue weighted by Crippen LogP contribution is -2.20. The third kappa shape index (κ3) is 1.78. The minimum absolute atomic E-state index is 0.0300. The molecular formula is C9H8N4O2. The number of anilines is 1. The number of phenols is 1. The Morgan fingerprint density at radius 1 is 1.47 bits per heavy atom. The number of primary amides is 1. The van der Waals surface area contributed by atoms with E-state index in [1.54, 1.807) is 12.1 Å². The first kappa shape index (κ1) is 9.20. The molecule has 2 amide bonds. The number of nitrogens with one attached hydrogen (secondary N) is 1. The molecule has 6 heteroatoms. The average Bonchev–Trinajstić information content (AvgIpc) is 2.18. The Bertz CT molecular complexity index is 527. The van der Waals surface area contributed by atoms with Crippen molar-refractivity contribution in [3.8, 4) is 5.75 Å². The van der Waals surface area contributed by atoms with Gasteiger partial charge in [-0.15, -0.1) is 0 Å². The molecule has 1 aromatic carbocycles. The van der Waals surface area contributed by atoms with Gasteiger partial charge in [-0.05, 0) is 6.07 Å². The Morgan fingerprint density at radius 2 is 2.27 bits per heavy atom. The first-order chi connectivity index (χ1) is 7.16. The number of nitrogens with zero attached hydrogens (tertiary/aromatic N) is 2. The first-order valence-corrected chi connectivity index (χ1v) is 4.18. The van der Waals surface area contributed by atoms with E-state index in [0.717, 1.165) is 0 Å². The molecule has 6 nitrogen and oxygen atoms in total. The molecule has 0 aliphatic heterocycles. The Balaban J connectivity index is 2.54. The van der Waals surface area contributed by atoms with Crippen LogP contribution >= 0.6 is 0 Å². The van der Waals surface area contributed by atoms with Crippen LogP contribution in [0.3, 0.4) is 0 Å².